The van der Waals surface area contributed by atoms with Crippen LogP contribution >= 0.6 is 0 Å². The van der Waals surface area contributed by atoms with Crippen molar-refractivity contribution < 1.29 is 14.7 Å². The number of fused-ring (bicyclic) bond motifs is 3. The molecule has 1 aliphatic heterocycles. The number of aliphatic carboxylic acids is 1. The van der Waals surface area contributed by atoms with E-state index in [2.05, 4.69) is 10.3 Å². The molecular formula is C11H9N3O3. The highest BCUT2D eigenvalue weighted by atomic mass is 16.4. The third-order valence-electron chi connectivity index (χ3n) is 2.81. The molecule has 0 radical (unpaired) electrons. The van der Waals surface area contributed by atoms with Crippen molar-refractivity contribution in [2.45, 2.75) is 12.5 Å². The molecule has 0 saturated carbocycles. The van der Waals surface area contributed by atoms with Gasteiger partial charge in [0.05, 0.1) is 17.5 Å². The molecule has 0 spiro atoms. The Labute approximate surface area is 95.9 Å². The smallest absolute Gasteiger partial charge is 0.306 e. The molecule has 2 N–H and O–H groups in total. The molecule has 0 aliphatic carbocycles. The molecule has 1 aromatic carbocycles. The largest absolute Gasteiger partial charge is 0.481 e. The lowest BCUT2D eigenvalue weighted by atomic mass is 10.2. The Kier molecular flexibility index (Phi) is 1.91. The summed E-state index contributed by atoms with van der Waals surface area (Å²) in [5.41, 5.74) is 1.52. The summed E-state index contributed by atoms with van der Waals surface area (Å²) in [6, 6.07) is 6.61. The van der Waals surface area contributed by atoms with Crippen LogP contribution in [0.2, 0.25) is 0 Å². The number of carboxylic acid groups (broad SMARTS) is 1. The van der Waals surface area contributed by atoms with Crippen LogP contribution in [0.25, 0.3) is 11.0 Å². The van der Waals surface area contributed by atoms with Crippen molar-refractivity contribution in [3.8, 4) is 0 Å². The van der Waals surface area contributed by atoms with Crippen molar-refractivity contribution in [1.29, 1.82) is 0 Å². The Morgan fingerprint density at radius 1 is 1.47 bits per heavy atom. The summed E-state index contributed by atoms with van der Waals surface area (Å²) >= 11 is 0. The molecule has 0 unspecified atom stereocenters. The van der Waals surface area contributed by atoms with Crippen molar-refractivity contribution >= 4 is 28.9 Å². The highest BCUT2D eigenvalue weighted by molar-refractivity contribution is 6.01. The standard InChI is InChI=1S/C11H9N3O3/c15-9(16)5-8-10(17)13-11-12-6-3-1-2-4-7(6)14(8)11/h1-4,8H,5H2,(H,15,16)(H,12,13,17)/t8-/m1/s1. The first-order valence-corrected chi connectivity index (χ1v) is 5.16. The number of carboxylic acids is 1. The van der Waals surface area contributed by atoms with Crippen LogP contribution in [0.5, 0.6) is 0 Å². The Morgan fingerprint density at radius 2 is 2.24 bits per heavy atom. The summed E-state index contributed by atoms with van der Waals surface area (Å²) < 4.78 is 1.64. The van der Waals surface area contributed by atoms with Crippen LogP contribution in [0.3, 0.4) is 0 Å². The van der Waals surface area contributed by atoms with Crippen LogP contribution in [0.1, 0.15) is 12.5 Å². The summed E-state index contributed by atoms with van der Waals surface area (Å²) in [7, 11) is 0. The van der Waals surface area contributed by atoms with Crippen molar-refractivity contribution in [3.63, 3.8) is 0 Å². The van der Waals surface area contributed by atoms with Gasteiger partial charge in [-0.05, 0) is 12.1 Å². The Morgan fingerprint density at radius 3 is 3.00 bits per heavy atom. The lowest BCUT2D eigenvalue weighted by Gasteiger charge is -2.08. The number of anilines is 1. The third kappa shape index (κ3) is 1.37. The topological polar surface area (TPSA) is 84.2 Å². The lowest BCUT2D eigenvalue weighted by Crippen LogP contribution is -2.19. The van der Waals surface area contributed by atoms with Gasteiger partial charge in [-0.25, -0.2) is 4.98 Å². The molecule has 1 aromatic heterocycles. The number of carbonyl (C=O) groups excluding carboxylic acids is 1. The van der Waals surface area contributed by atoms with Crippen LogP contribution < -0.4 is 5.32 Å². The van der Waals surface area contributed by atoms with Crippen LogP contribution in [0.15, 0.2) is 24.3 Å². The minimum atomic E-state index is -1.00. The fourth-order valence-corrected chi connectivity index (χ4v) is 2.11. The number of carbonyl (C=O) groups is 2. The summed E-state index contributed by atoms with van der Waals surface area (Å²) in [6.07, 6.45) is -0.237. The van der Waals surface area contributed by atoms with Gasteiger partial charge in [0.15, 0.2) is 0 Å². The van der Waals surface area contributed by atoms with E-state index in [1.807, 2.05) is 24.3 Å². The van der Waals surface area contributed by atoms with E-state index in [4.69, 9.17) is 5.11 Å². The molecule has 0 saturated heterocycles. The SMILES string of the molecule is O=C(O)C[C@@H]1C(=O)Nc2nc3ccccc3n21. The monoisotopic (exact) mass is 231 g/mol. The third-order valence-corrected chi connectivity index (χ3v) is 2.81. The van der Waals surface area contributed by atoms with Crippen LogP contribution in [0.4, 0.5) is 5.95 Å². The number of rotatable bonds is 2. The number of para-hydroxylation sites is 2. The maximum absolute atomic E-state index is 11.6. The average molecular weight is 231 g/mol. The number of amides is 1. The first-order chi connectivity index (χ1) is 8.16. The molecule has 1 atom stereocenters. The Hall–Kier alpha value is -2.37. The summed E-state index contributed by atoms with van der Waals surface area (Å²) in [6.45, 7) is 0. The van der Waals surface area contributed by atoms with Crippen molar-refractivity contribution in [3.05, 3.63) is 24.3 Å². The zero-order valence-corrected chi connectivity index (χ0v) is 8.75. The number of aromatic nitrogens is 2. The molecule has 0 fully saturated rings. The molecule has 6 heteroatoms. The van der Waals surface area contributed by atoms with Gasteiger partial charge in [0.1, 0.15) is 6.04 Å². The maximum Gasteiger partial charge on any atom is 0.306 e. The molecule has 3 rings (SSSR count). The number of benzene rings is 1. The van der Waals surface area contributed by atoms with Crippen LogP contribution in [0, 0.1) is 0 Å². The Bertz CT molecular complexity index is 632. The second-order valence-corrected chi connectivity index (χ2v) is 3.90. The Balaban J connectivity index is 2.17. The van der Waals surface area contributed by atoms with E-state index >= 15 is 0 Å². The summed E-state index contributed by atoms with van der Waals surface area (Å²) in [5.74, 6) is -0.904. The molecule has 2 aromatic rings. The van der Waals surface area contributed by atoms with E-state index in [0.717, 1.165) is 11.0 Å². The number of hydrogen-bond acceptors (Lipinski definition) is 3. The second-order valence-electron chi connectivity index (χ2n) is 3.90. The molecule has 6 nitrogen and oxygen atoms in total. The van der Waals surface area contributed by atoms with Crippen molar-refractivity contribution in [2.24, 2.45) is 0 Å². The summed E-state index contributed by atoms with van der Waals surface area (Å²) in [5, 5.41) is 11.4. The van der Waals surface area contributed by atoms with Gasteiger partial charge in [0.25, 0.3) is 0 Å². The van der Waals surface area contributed by atoms with Gasteiger partial charge < -0.3 is 5.11 Å². The number of nitrogens with one attached hydrogen (secondary N) is 1. The van der Waals surface area contributed by atoms with Gasteiger partial charge >= 0.3 is 5.97 Å². The van der Waals surface area contributed by atoms with Gasteiger partial charge in [-0.2, -0.15) is 0 Å². The van der Waals surface area contributed by atoms with Gasteiger partial charge in [0, 0.05) is 0 Å². The first kappa shape index (κ1) is 9.83. The maximum atomic E-state index is 11.6. The van der Waals surface area contributed by atoms with Gasteiger partial charge in [-0.3, -0.25) is 19.5 Å². The fraction of sp³-hybridized carbons (Fsp3) is 0.182. The quantitative estimate of drug-likeness (QED) is 0.807. The van der Waals surface area contributed by atoms with Crippen LogP contribution in [-0.2, 0) is 9.59 Å². The zero-order valence-electron chi connectivity index (χ0n) is 8.75. The molecule has 1 aliphatic rings. The number of imidazole rings is 1. The van der Waals surface area contributed by atoms with E-state index in [9.17, 15) is 9.59 Å². The van der Waals surface area contributed by atoms with Crippen molar-refractivity contribution in [1.82, 2.24) is 9.55 Å². The molecule has 0 bridgehead atoms. The number of nitrogens with zero attached hydrogens (tertiary/aromatic N) is 2. The molecule has 17 heavy (non-hydrogen) atoms. The minimum absolute atomic E-state index is 0.237. The molecular weight excluding hydrogens is 222 g/mol. The van der Waals surface area contributed by atoms with E-state index in [0.29, 0.717) is 5.95 Å². The number of hydrogen-bond donors (Lipinski definition) is 2. The molecule has 2 heterocycles. The predicted molar refractivity (Wildman–Crippen MR) is 59.7 cm³/mol. The highest BCUT2D eigenvalue weighted by Gasteiger charge is 2.34. The second kappa shape index (κ2) is 3.31. The van der Waals surface area contributed by atoms with E-state index in [-0.39, 0.29) is 12.3 Å². The van der Waals surface area contributed by atoms with E-state index < -0.39 is 12.0 Å². The van der Waals surface area contributed by atoms with E-state index in [1.54, 1.807) is 4.57 Å². The summed E-state index contributed by atoms with van der Waals surface area (Å²) in [4.78, 5) is 26.6. The van der Waals surface area contributed by atoms with Gasteiger partial charge in [-0.1, -0.05) is 12.1 Å². The average Bonchev–Trinajstić information content (AvgIpc) is 2.75. The van der Waals surface area contributed by atoms with Crippen molar-refractivity contribution in [2.75, 3.05) is 5.32 Å². The van der Waals surface area contributed by atoms with E-state index in [1.165, 1.54) is 0 Å². The van der Waals surface area contributed by atoms with Crippen LogP contribution in [-0.4, -0.2) is 26.5 Å². The predicted octanol–water partition coefficient (Wildman–Crippen LogP) is 1.00. The highest BCUT2D eigenvalue weighted by Crippen LogP contribution is 2.31. The molecule has 1 amide bonds. The first-order valence-electron chi connectivity index (χ1n) is 5.16. The minimum Gasteiger partial charge on any atom is -0.481 e. The zero-order chi connectivity index (χ0) is 12.0. The van der Waals surface area contributed by atoms with Gasteiger partial charge in [0.2, 0.25) is 11.9 Å². The lowest BCUT2D eigenvalue weighted by molar-refractivity contribution is -0.139. The van der Waals surface area contributed by atoms with Gasteiger partial charge in [-0.15, -0.1) is 0 Å². The molecule has 86 valence electrons. The normalized spacial score (nSPS) is 18.1. The fourth-order valence-electron chi connectivity index (χ4n) is 2.11.